The lowest BCUT2D eigenvalue weighted by Gasteiger charge is -2.05. The van der Waals surface area contributed by atoms with Crippen LogP contribution in [-0.2, 0) is 12.8 Å². The summed E-state index contributed by atoms with van der Waals surface area (Å²) >= 11 is 0. The smallest absolute Gasteiger partial charge is 0.146 e. The second kappa shape index (κ2) is 11.7. The van der Waals surface area contributed by atoms with E-state index in [9.17, 15) is 0 Å². The van der Waals surface area contributed by atoms with Crippen molar-refractivity contribution >= 4 is 10.8 Å². The Kier molecular flexibility index (Phi) is 8.16. The van der Waals surface area contributed by atoms with Gasteiger partial charge < -0.3 is 0 Å². The average Bonchev–Trinajstić information content (AvgIpc) is 2.87. The van der Waals surface area contributed by atoms with Crippen molar-refractivity contribution in [2.45, 2.75) is 58.8 Å². The highest BCUT2D eigenvalue weighted by Crippen LogP contribution is 2.24. The van der Waals surface area contributed by atoms with Crippen LogP contribution >= 0.6 is 0 Å². The summed E-state index contributed by atoms with van der Waals surface area (Å²) in [5, 5.41) is 1.57. The second-order valence-corrected chi connectivity index (χ2v) is 9.07. The third-order valence-corrected chi connectivity index (χ3v) is 6.39. The fourth-order valence-electron chi connectivity index (χ4n) is 4.39. The first kappa shape index (κ1) is 23.8. The summed E-state index contributed by atoms with van der Waals surface area (Å²) in [6, 6.07) is 26.8. The fraction of sp³-hybridized carbons (Fsp3) is 0.273. The number of hydrogen-bond acceptors (Lipinski definition) is 0. The minimum absolute atomic E-state index is 0.237. The number of unbranched alkanes of at least 4 members (excludes halogenated alkanes) is 3. The standard InChI is InChI=1S/C33H33F/c1-3-5-6-7-9-25-10-16-28(17-11-25)29-18-12-26(13-19-29)14-20-30-21-22-31-24-27(8-4-2)15-23-32(31)33(30)34/h10-13,15-19,21-24H,3-9H2,1-2H3. The Hall–Kier alpha value is -3.37. The largest absolute Gasteiger partial charge is 0.205 e. The van der Waals surface area contributed by atoms with Crippen LogP contribution < -0.4 is 0 Å². The predicted molar refractivity (Wildman–Crippen MR) is 144 cm³/mol. The molecule has 0 aromatic heterocycles. The van der Waals surface area contributed by atoms with Crippen LogP contribution in [-0.4, -0.2) is 0 Å². The Balaban J connectivity index is 1.45. The van der Waals surface area contributed by atoms with Crippen molar-refractivity contribution in [2.24, 2.45) is 0 Å². The van der Waals surface area contributed by atoms with Gasteiger partial charge in [0.15, 0.2) is 0 Å². The quantitative estimate of drug-likeness (QED) is 0.186. The number of rotatable bonds is 8. The minimum Gasteiger partial charge on any atom is -0.205 e. The summed E-state index contributed by atoms with van der Waals surface area (Å²) < 4.78 is 15.0. The number of hydrogen-bond donors (Lipinski definition) is 0. The number of fused-ring (bicyclic) bond motifs is 1. The van der Waals surface area contributed by atoms with E-state index in [1.807, 2.05) is 30.3 Å². The van der Waals surface area contributed by atoms with E-state index >= 15 is 4.39 Å². The molecule has 1 heteroatoms. The second-order valence-electron chi connectivity index (χ2n) is 9.07. The highest BCUT2D eigenvalue weighted by Gasteiger charge is 2.06. The van der Waals surface area contributed by atoms with Gasteiger partial charge in [0, 0.05) is 10.9 Å². The van der Waals surface area contributed by atoms with Gasteiger partial charge in [0.1, 0.15) is 5.82 Å². The molecule has 172 valence electrons. The van der Waals surface area contributed by atoms with Gasteiger partial charge in [0.05, 0.1) is 5.56 Å². The molecule has 0 unspecified atom stereocenters. The molecule has 4 aromatic carbocycles. The highest BCUT2D eigenvalue weighted by atomic mass is 19.1. The van der Waals surface area contributed by atoms with Crippen LogP contribution in [0.3, 0.4) is 0 Å². The van der Waals surface area contributed by atoms with Crippen molar-refractivity contribution in [3.8, 4) is 23.0 Å². The molecule has 0 bridgehead atoms. The first-order valence-electron chi connectivity index (χ1n) is 12.6. The van der Waals surface area contributed by atoms with Crippen molar-refractivity contribution in [1.82, 2.24) is 0 Å². The summed E-state index contributed by atoms with van der Waals surface area (Å²) in [6.45, 7) is 4.40. The van der Waals surface area contributed by atoms with Crippen LogP contribution in [0.2, 0.25) is 0 Å². The van der Waals surface area contributed by atoms with Crippen LogP contribution in [0, 0.1) is 17.7 Å². The van der Waals surface area contributed by atoms with Gasteiger partial charge in [-0.2, -0.15) is 0 Å². The van der Waals surface area contributed by atoms with Crippen molar-refractivity contribution in [3.05, 3.63) is 107 Å². The van der Waals surface area contributed by atoms with Gasteiger partial charge in [0.2, 0.25) is 0 Å². The maximum Gasteiger partial charge on any atom is 0.146 e. The topological polar surface area (TPSA) is 0 Å². The fourth-order valence-corrected chi connectivity index (χ4v) is 4.39. The van der Waals surface area contributed by atoms with Gasteiger partial charge >= 0.3 is 0 Å². The Bertz CT molecular complexity index is 1280. The molecule has 0 atom stereocenters. The van der Waals surface area contributed by atoms with Crippen LogP contribution in [0.1, 0.15) is 68.2 Å². The summed E-state index contributed by atoms with van der Waals surface area (Å²) in [7, 11) is 0. The maximum atomic E-state index is 15.0. The SMILES string of the molecule is CCCCCCc1ccc(-c2ccc(C#Cc3ccc4cc(CCC)ccc4c3F)cc2)cc1. The lowest BCUT2D eigenvalue weighted by atomic mass is 10.00. The average molecular weight is 449 g/mol. The van der Waals surface area contributed by atoms with E-state index in [0.717, 1.165) is 30.2 Å². The van der Waals surface area contributed by atoms with Crippen molar-refractivity contribution in [3.63, 3.8) is 0 Å². The first-order chi connectivity index (χ1) is 16.7. The molecule has 0 heterocycles. The van der Waals surface area contributed by atoms with E-state index in [0.29, 0.717) is 10.9 Å². The Morgan fingerprint density at radius 2 is 1.32 bits per heavy atom. The molecule has 0 amide bonds. The molecule has 0 radical (unpaired) electrons. The van der Waals surface area contributed by atoms with E-state index in [-0.39, 0.29) is 5.82 Å². The lowest BCUT2D eigenvalue weighted by molar-refractivity contribution is 0.636. The highest BCUT2D eigenvalue weighted by molar-refractivity contribution is 5.85. The first-order valence-corrected chi connectivity index (χ1v) is 12.6. The molecule has 34 heavy (non-hydrogen) atoms. The maximum absolute atomic E-state index is 15.0. The van der Waals surface area contributed by atoms with Crippen LogP contribution in [0.4, 0.5) is 4.39 Å². The molecule has 4 aromatic rings. The predicted octanol–water partition coefficient (Wildman–Crippen LogP) is 9.12. The van der Waals surface area contributed by atoms with Gasteiger partial charge in [-0.25, -0.2) is 4.39 Å². The van der Waals surface area contributed by atoms with Crippen molar-refractivity contribution < 1.29 is 4.39 Å². The lowest BCUT2D eigenvalue weighted by Crippen LogP contribution is -1.89. The van der Waals surface area contributed by atoms with Crippen molar-refractivity contribution in [1.29, 1.82) is 0 Å². The van der Waals surface area contributed by atoms with Gasteiger partial charge in [0.25, 0.3) is 0 Å². The van der Waals surface area contributed by atoms with E-state index in [4.69, 9.17) is 0 Å². The molecular weight excluding hydrogens is 415 g/mol. The zero-order valence-corrected chi connectivity index (χ0v) is 20.3. The third-order valence-electron chi connectivity index (χ3n) is 6.39. The molecular formula is C33H33F. The zero-order valence-electron chi connectivity index (χ0n) is 20.3. The van der Waals surface area contributed by atoms with Gasteiger partial charge in [-0.1, -0.05) is 112 Å². The molecule has 0 saturated carbocycles. The molecule has 0 spiro atoms. The van der Waals surface area contributed by atoms with Crippen molar-refractivity contribution in [2.75, 3.05) is 0 Å². The molecule has 0 nitrogen and oxygen atoms in total. The Labute approximate surface area is 203 Å². The van der Waals surface area contributed by atoms with E-state index in [1.165, 1.54) is 47.9 Å². The summed E-state index contributed by atoms with van der Waals surface area (Å²) in [5.74, 6) is 5.92. The monoisotopic (exact) mass is 448 g/mol. The summed E-state index contributed by atoms with van der Waals surface area (Å²) in [5.41, 5.74) is 6.35. The normalized spacial score (nSPS) is 10.8. The van der Waals surface area contributed by atoms with Crippen LogP contribution in [0.15, 0.2) is 78.9 Å². The zero-order chi connectivity index (χ0) is 23.8. The van der Waals surface area contributed by atoms with Gasteiger partial charge in [-0.05, 0) is 65.1 Å². The molecule has 0 saturated heterocycles. The molecule has 0 fully saturated rings. The Morgan fingerprint density at radius 1 is 0.618 bits per heavy atom. The third kappa shape index (κ3) is 5.95. The molecule has 0 N–H and O–H groups in total. The summed E-state index contributed by atoms with van der Waals surface area (Å²) in [4.78, 5) is 0. The van der Waals surface area contributed by atoms with Crippen LogP contribution in [0.5, 0.6) is 0 Å². The van der Waals surface area contributed by atoms with E-state index in [1.54, 1.807) is 6.07 Å². The Morgan fingerprint density at radius 3 is 2.03 bits per heavy atom. The number of benzene rings is 4. The van der Waals surface area contributed by atoms with E-state index in [2.05, 4.69) is 68.2 Å². The molecule has 4 rings (SSSR count). The van der Waals surface area contributed by atoms with E-state index < -0.39 is 0 Å². The minimum atomic E-state index is -0.237. The van der Waals surface area contributed by atoms with Gasteiger partial charge in [-0.15, -0.1) is 0 Å². The van der Waals surface area contributed by atoms with Crippen LogP contribution in [0.25, 0.3) is 21.9 Å². The molecule has 0 aliphatic carbocycles. The molecule has 0 aliphatic rings. The van der Waals surface area contributed by atoms with Gasteiger partial charge in [-0.3, -0.25) is 0 Å². The number of halogens is 1. The molecule has 0 aliphatic heterocycles. The summed E-state index contributed by atoms with van der Waals surface area (Å²) in [6.07, 6.45) is 8.41. The number of aryl methyl sites for hydroxylation is 2.